The van der Waals surface area contributed by atoms with E-state index in [4.69, 9.17) is 16.3 Å². The van der Waals surface area contributed by atoms with Crippen molar-refractivity contribution in [2.75, 3.05) is 17.5 Å². The number of hydrogen-bond acceptors (Lipinski definition) is 5. The van der Waals surface area contributed by atoms with Crippen LogP contribution in [0.3, 0.4) is 0 Å². The van der Waals surface area contributed by atoms with Gasteiger partial charge in [0.05, 0.1) is 17.4 Å². The summed E-state index contributed by atoms with van der Waals surface area (Å²) in [6.45, 7) is 0.936. The number of nitrogens with zero attached hydrogens (tertiary/aromatic N) is 3. The second-order valence-electron chi connectivity index (χ2n) is 7.17. The summed E-state index contributed by atoms with van der Waals surface area (Å²) in [6.07, 6.45) is 2.68. The Labute approximate surface area is 172 Å². The SMILES string of the molecule is O=C(O)c1c(N(c2ccc(Cl)cc2)S(=O)(=O)O)c(C2CCOCC2)nn1C1CC1. The minimum atomic E-state index is -4.85. The van der Waals surface area contributed by atoms with E-state index in [9.17, 15) is 22.9 Å². The smallest absolute Gasteiger partial charge is 0.364 e. The van der Waals surface area contributed by atoms with Gasteiger partial charge in [0.2, 0.25) is 0 Å². The predicted molar refractivity (Wildman–Crippen MR) is 105 cm³/mol. The van der Waals surface area contributed by atoms with E-state index in [2.05, 4.69) is 5.10 Å². The van der Waals surface area contributed by atoms with Gasteiger partial charge in [-0.15, -0.1) is 0 Å². The molecule has 1 aliphatic carbocycles. The molecular weight excluding hydrogens is 422 g/mol. The lowest BCUT2D eigenvalue weighted by Gasteiger charge is -2.26. The number of anilines is 2. The molecule has 0 radical (unpaired) electrons. The first-order valence-electron chi connectivity index (χ1n) is 9.24. The summed E-state index contributed by atoms with van der Waals surface area (Å²) >= 11 is 5.91. The zero-order chi connectivity index (χ0) is 20.8. The van der Waals surface area contributed by atoms with Crippen LogP contribution in [-0.4, -0.2) is 47.0 Å². The summed E-state index contributed by atoms with van der Waals surface area (Å²) in [5.41, 5.74) is 0.0379. The van der Waals surface area contributed by atoms with Gasteiger partial charge in [0, 0.05) is 24.2 Å². The molecule has 2 aliphatic rings. The van der Waals surface area contributed by atoms with Gasteiger partial charge in [0.15, 0.2) is 5.69 Å². The average Bonchev–Trinajstić information content (AvgIpc) is 3.44. The Bertz CT molecular complexity index is 1030. The molecule has 2 N–H and O–H groups in total. The molecule has 1 aromatic heterocycles. The van der Waals surface area contributed by atoms with Crippen molar-refractivity contribution in [2.45, 2.75) is 37.6 Å². The quantitative estimate of drug-likeness (QED) is 0.658. The third-order valence-electron chi connectivity index (χ3n) is 5.11. The number of aromatic carboxylic acids is 1. The Hall–Kier alpha value is -2.14. The third kappa shape index (κ3) is 3.97. The van der Waals surface area contributed by atoms with Crippen LogP contribution in [0.5, 0.6) is 0 Å². The van der Waals surface area contributed by atoms with Crippen LogP contribution in [0.1, 0.15) is 53.8 Å². The molecule has 0 bridgehead atoms. The Morgan fingerprint density at radius 3 is 2.31 bits per heavy atom. The lowest BCUT2D eigenvalue weighted by atomic mass is 9.95. The van der Waals surface area contributed by atoms with E-state index in [1.54, 1.807) is 0 Å². The van der Waals surface area contributed by atoms with Crippen LogP contribution in [0.2, 0.25) is 5.02 Å². The Balaban J connectivity index is 1.97. The van der Waals surface area contributed by atoms with Crippen molar-refractivity contribution < 1.29 is 27.6 Å². The Morgan fingerprint density at radius 1 is 1.17 bits per heavy atom. The molecule has 2 fully saturated rings. The summed E-state index contributed by atoms with van der Waals surface area (Å²) in [5, 5.41) is 14.8. The van der Waals surface area contributed by atoms with Crippen LogP contribution >= 0.6 is 11.6 Å². The average molecular weight is 442 g/mol. The van der Waals surface area contributed by atoms with Crippen LogP contribution in [-0.2, 0) is 15.0 Å². The van der Waals surface area contributed by atoms with Crippen LogP contribution in [0.25, 0.3) is 0 Å². The monoisotopic (exact) mass is 441 g/mol. The number of benzene rings is 1. The molecular formula is C18H20ClN3O6S. The fourth-order valence-corrected chi connectivity index (χ4v) is 4.55. The van der Waals surface area contributed by atoms with E-state index in [1.807, 2.05) is 0 Å². The van der Waals surface area contributed by atoms with Gasteiger partial charge < -0.3 is 9.84 Å². The molecule has 29 heavy (non-hydrogen) atoms. The van der Waals surface area contributed by atoms with E-state index in [-0.39, 0.29) is 29.0 Å². The van der Waals surface area contributed by atoms with Crippen LogP contribution in [0, 0.1) is 0 Å². The third-order valence-corrected chi connectivity index (χ3v) is 6.22. The largest absolute Gasteiger partial charge is 0.476 e. The second kappa shape index (κ2) is 7.60. The topological polar surface area (TPSA) is 122 Å². The van der Waals surface area contributed by atoms with Gasteiger partial charge in [-0.2, -0.15) is 13.5 Å². The molecule has 4 rings (SSSR count). The fraction of sp³-hybridized carbons (Fsp3) is 0.444. The normalized spacial score (nSPS) is 18.0. The number of carbonyl (C=O) groups is 1. The summed E-state index contributed by atoms with van der Waals surface area (Å²) < 4.78 is 42.3. The highest BCUT2D eigenvalue weighted by Crippen LogP contribution is 2.45. The number of carboxylic acid groups (broad SMARTS) is 1. The predicted octanol–water partition coefficient (Wildman–Crippen LogP) is 3.40. The van der Waals surface area contributed by atoms with Crippen LogP contribution in [0.15, 0.2) is 24.3 Å². The van der Waals surface area contributed by atoms with E-state index in [0.717, 1.165) is 12.8 Å². The highest BCUT2D eigenvalue weighted by molar-refractivity contribution is 7.87. The van der Waals surface area contributed by atoms with Crippen molar-refractivity contribution in [3.63, 3.8) is 0 Å². The molecule has 0 amide bonds. The van der Waals surface area contributed by atoms with Gasteiger partial charge in [-0.3, -0.25) is 9.23 Å². The van der Waals surface area contributed by atoms with Gasteiger partial charge in [-0.25, -0.2) is 9.10 Å². The van der Waals surface area contributed by atoms with Gasteiger partial charge >= 0.3 is 16.3 Å². The molecule has 9 nitrogen and oxygen atoms in total. The maximum absolute atomic E-state index is 12.4. The highest BCUT2D eigenvalue weighted by atomic mass is 35.5. The maximum Gasteiger partial charge on any atom is 0.364 e. The fourth-order valence-electron chi connectivity index (χ4n) is 3.63. The summed E-state index contributed by atoms with van der Waals surface area (Å²) in [7, 11) is -4.85. The van der Waals surface area contributed by atoms with Crippen molar-refractivity contribution in [1.82, 2.24) is 9.78 Å². The first kappa shape index (κ1) is 20.1. The molecule has 0 atom stereocenters. The summed E-state index contributed by atoms with van der Waals surface area (Å²) in [4.78, 5) is 12.2. The van der Waals surface area contributed by atoms with E-state index >= 15 is 0 Å². The van der Waals surface area contributed by atoms with E-state index in [0.29, 0.717) is 41.1 Å². The number of ether oxygens (including phenoxy) is 1. The minimum absolute atomic E-state index is 0.0723. The second-order valence-corrected chi connectivity index (χ2v) is 8.87. The lowest BCUT2D eigenvalue weighted by molar-refractivity contribution is 0.0684. The van der Waals surface area contributed by atoms with Crippen molar-refractivity contribution in [2.24, 2.45) is 0 Å². The molecule has 2 heterocycles. The van der Waals surface area contributed by atoms with Crippen molar-refractivity contribution in [3.05, 3.63) is 40.7 Å². The maximum atomic E-state index is 12.4. The van der Waals surface area contributed by atoms with Gasteiger partial charge in [-0.1, -0.05) is 11.6 Å². The molecule has 1 aliphatic heterocycles. The highest BCUT2D eigenvalue weighted by Gasteiger charge is 2.40. The molecule has 1 saturated carbocycles. The van der Waals surface area contributed by atoms with E-state index < -0.39 is 16.3 Å². The number of rotatable bonds is 6. The number of carboxylic acids is 1. The Morgan fingerprint density at radius 2 is 1.79 bits per heavy atom. The first-order valence-corrected chi connectivity index (χ1v) is 11.0. The van der Waals surface area contributed by atoms with Crippen LogP contribution < -0.4 is 4.31 Å². The molecule has 2 aromatic rings. The van der Waals surface area contributed by atoms with Crippen molar-refractivity contribution in [1.29, 1.82) is 0 Å². The summed E-state index contributed by atoms with van der Waals surface area (Å²) in [5.74, 6) is -1.49. The molecule has 0 spiro atoms. The minimum Gasteiger partial charge on any atom is -0.476 e. The van der Waals surface area contributed by atoms with E-state index in [1.165, 1.54) is 28.9 Å². The zero-order valence-corrected chi connectivity index (χ0v) is 16.9. The lowest BCUT2D eigenvalue weighted by Crippen LogP contribution is -2.28. The van der Waals surface area contributed by atoms with Gasteiger partial charge in [0.25, 0.3) is 0 Å². The molecule has 1 saturated heterocycles. The van der Waals surface area contributed by atoms with Crippen molar-refractivity contribution >= 4 is 39.2 Å². The van der Waals surface area contributed by atoms with Gasteiger partial charge in [-0.05, 0) is 49.9 Å². The standard InChI is InChI=1S/C18H20ClN3O6S/c19-12-1-3-14(4-2-12)22(29(25,26)27)16-15(11-7-9-28-10-8-11)20-21(13-5-6-13)17(16)18(23)24/h1-4,11,13H,5-10H2,(H,23,24)(H,25,26,27). The van der Waals surface area contributed by atoms with Gasteiger partial charge in [0.1, 0.15) is 5.69 Å². The van der Waals surface area contributed by atoms with Crippen molar-refractivity contribution in [3.8, 4) is 0 Å². The summed E-state index contributed by atoms with van der Waals surface area (Å²) in [6, 6.07) is 5.65. The number of aromatic nitrogens is 2. The first-order chi connectivity index (χ1) is 13.8. The molecule has 0 unspecified atom stereocenters. The zero-order valence-electron chi connectivity index (χ0n) is 15.4. The molecule has 11 heteroatoms. The van der Waals surface area contributed by atoms with Crippen LogP contribution in [0.4, 0.5) is 11.4 Å². The molecule has 156 valence electrons. The molecule has 1 aromatic carbocycles. The number of halogens is 1. The Kier molecular flexibility index (Phi) is 5.28. The number of hydrogen-bond donors (Lipinski definition) is 2.